The number of hydrogen-bond acceptors (Lipinski definition) is 5. The van der Waals surface area contributed by atoms with E-state index >= 15 is 0 Å². The van der Waals surface area contributed by atoms with Crippen LogP contribution in [0.3, 0.4) is 0 Å². The quantitative estimate of drug-likeness (QED) is 0.672. The Morgan fingerprint density at radius 3 is 2.86 bits per heavy atom. The van der Waals surface area contributed by atoms with Crippen LogP contribution in [0.4, 0.5) is 10.1 Å². The van der Waals surface area contributed by atoms with Gasteiger partial charge in [0.25, 0.3) is 5.56 Å². The zero-order valence-electron chi connectivity index (χ0n) is 14.5. The van der Waals surface area contributed by atoms with Gasteiger partial charge in [0.1, 0.15) is 11.4 Å². The van der Waals surface area contributed by atoms with Gasteiger partial charge in [-0.05, 0) is 36.8 Å². The molecule has 0 saturated heterocycles. The van der Waals surface area contributed by atoms with E-state index in [0.29, 0.717) is 0 Å². The topological polar surface area (TPSA) is 96.0 Å². The Morgan fingerprint density at radius 2 is 2.18 bits per heavy atom. The van der Waals surface area contributed by atoms with Gasteiger partial charge in [0.15, 0.2) is 23.1 Å². The van der Waals surface area contributed by atoms with Gasteiger partial charge in [-0.3, -0.25) is 4.79 Å². The number of aromatic nitrogens is 3. The van der Waals surface area contributed by atoms with E-state index in [1.165, 1.54) is 37.3 Å². The summed E-state index contributed by atoms with van der Waals surface area (Å²) in [5.74, 6) is -0.636. The lowest BCUT2D eigenvalue weighted by molar-refractivity contribution is 0.439. The molecule has 138 valence electrons. The molecule has 0 spiro atoms. The summed E-state index contributed by atoms with van der Waals surface area (Å²) >= 11 is 6.08. The van der Waals surface area contributed by atoms with Crippen molar-refractivity contribution >= 4 is 17.3 Å². The number of halogens is 2. The van der Waals surface area contributed by atoms with Crippen LogP contribution in [0, 0.1) is 30.6 Å². The number of nitrogens with zero attached hydrogens (tertiary/aromatic N) is 4. The number of benzene rings is 2. The molecule has 7 nitrogen and oxygen atoms in total. The number of H-pyrrole nitrogens is 1. The van der Waals surface area contributed by atoms with Crippen molar-refractivity contribution in [3.63, 3.8) is 0 Å². The van der Waals surface area contributed by atoms with Crippen LogP contribution < -0.4 is 10.3 Å². The molecule has 28 heavy (non-hydrogen) atoms. The highest BCUT2D eigenvalue weighted by atomic mass is 35.5. The molecule has 0 aliphatic heterocycles. The summed E-state index contributed by atoms with van der Waals surface area (Å²) in [5, 5.41) is 15.2. The van der Waals surface area contributed by atoms with Crippen LogP contribution >= 0.6 is 11.6 Å². The van der Waals surface area contributed by atoms with Crippen molar-refractivity contribution in [2.24, 2.45) is 0 Å². The smallest absolute Gasteiger partial charge is 0.285 e. The first-order chi connectivity index (χ1) is 13.4. The van der Waals surface area contributed by atoms with Crippen LogP contribution in [0.1, 0.15) is 22.6 Å². The fourth-order valence-corrected chi connectivity index (χ4v) is 2.59. The third-order valence-corrected chi connectivity index (χ3v) is 4.06. The largest absolute Gasteiger partial charge is 0.454 e. The number of aryl methyl sites for hydroxylation is 1. The summed E-state index contributed by atoms with van der Waals surface area (Å²) < 4.78 is 20.5. The molecule has 3 aromatic rings. The molecule has 0 radical (unpaired) electrons. The SMILES string of the molecule is [C-]#[N+]c1cc(C#N)cc(Oc2c(Cl)ccc(Cc3n[nH]c(=O)c(C)n3)c2F)c1. The lowest BCUT2D eigenvalue weighted by Crippen LogP contribution is -2.16. The number of nitrogens with one attached hydrogen (secondary N) is 1. The minimum absolute atomic E-state index is 0.00250. The normalized spacial score (nSPS) is 10.2. The highest BCUT2D eigenvalue weighted by molar-refractivity contribution is 6.32. The summed E-state index contributed by atoms with van der Waals surface area (Å²) in [4.78, 5) is 18.6. The van der Waals surface area contributed by atoms with E-state index in [1.807, 2.05) is 6.07 Å². The molecular formula is C19H11ClFN5O2. The second-order valence-electron chi connectivity index (χ2n) is 5.73. The molecule has 1 N–H and O–H groups in total. The Bertz CT molecular complexity index is 1180. The lowest BCUT2D eigenvalue weighted by atomic mass is 10.1. The molecule has 3 rings (SSSR count). The standard InChI is InChI=1S/C19H11ClFN5O2/c1-10-19(27)26-25-16(24-10)7-12-3-4-15(20)18(17(12)21)28-14-6-11(9-22)5-13(8-14)23-2/h3-6,8H,7H2,1H3,(H,26,27). The maximum absolute atomic E-state index is 15.0. The predicted molar refractivity (Wildman–Crippen MR) is 99.1 cm³/mol. The van der Waals surface area contributed by atoms with Crippen LogP contribution in [-0.4, -0.2) is 15.2 Å². The number of ether oxygens (including phenoxy) is 1. The Morgan fingerprint density at radius 1 is 1.39 bits per heavy atom. The summed E-state index contributed by atoms with van der Waals surface area (Å²) in [5.41, 5.74) is 0.382. The van der Waals surface area contributed by atoms with Gasteiger partial charge < -0.3 is 4.74 Å². The van der Waals surface area contributed by atoms with E-state index in [1.54, 1.807) is 0 Å². The van der Waals surface area contributed by atoms with Crippen molar-refractivity contribution in [2.45, 2.75) is 13.3 Å². The van der Waals surface area contributed by atoms with E-state index in [-0.39, 0.29) is 51.3 Å². The molecule has 0 bridgehead atoms. The van der Waals surface area contributed by atoms with Crippen LogP contribution in [0.2, 0.25) is 5.02 Å². The summed E-state index contributed by atoms with van der Waals surface area (Å²) in [6.07, 6.45) is 0.00250. The fourth-order valence-electron chi connectivity index (χ4n) is 2.41. The van der Waals surface area contributed by atoms with E-state index in [9.17, 15) is 9.18 Å². The monoisotopic (exact) mass is 395 g/mol. The van der Waals surface area contributed by atoms with Crippen molar-refractivity contribution in [3.8, 4) is 17.6 Å². The molecule has 0 amide bonds. The van der Waals surface area contributed by atoms with E-state index in [4.69, 9.17) is 28.2 Å². The van der Waals surface area contributed by atoms with Gasteiger partial charge in [0.2, 0.25) is 0 Å². The van der Waals surface area contributed by atoms with Crippen molar-refractivity contribution in [3.05, 3.63) is 85.6 Å². The van der Waals surface area contributed by atoms with Gasteiger partial charge in [0.05, 0.1) is 17.7 Å². The molecule has 0 aliphatic rings. The lowest BCUT2D eigenvalue weighted by Gasteiger charge is -2.12. The van der Waals surface area contributed by atoms with Crippen molar-refractivity contribution in [2.75, 3.05) is 0 Å². The molecule has 0 unspecified atom stereocenters. The van der Waals surface area contributed by atoms with Crippen LogP contribution in [0.15, 0.2) is 35.1 Å². The fraction of sp³-hybridized carbons (Fsp3) is 0.105. The van der Waals surface area contributed by atoms with Gasteiger partial charge in [-0.2, -0.15) is 10.4 Å². The van der Waals surface area contributed by atoms with Crippen molar-refractivity contribution < 1.29 is 9.13 Å². The van der Waals surface area contributed by atoms with Crippen LogP contribution in [-0.2, 0) is 6.42 Å². The number of hydrogen-bond donors (Lipinski definition) is 1. The minimum atomic E-state index is -0.730. The van der Waals surface area contributed by atoms with Crippen molar-refractivity contribution in [1.82, 2.24) is 15.2 Å². The van der Waals surface area contributed by atoms with Crippen LogP contribution in [0.5, 0.6) is 11.5 Å². The molecule has 1 aromatic heterocycles. The first-order valence-corrected chi connectivity index (χ1v) is 8.28. The molecule has 0 aliphatic carbocycles. The summed E-state index contributed by atoms with van der Waals surface area (Å²) in [6.45, 7) is 8.61. The summed E-state index contributed by atoms with van der Waals surface area (Å²) in [7, 11) is 0. The zero-order valence-corrected chi connectivity index (χ0v) is 15.2. The highest BCUT2D eigenvalue weighted by Gasteiger charge is 2.17. The Hall–Kier alpha value is -3.75. The van der Waals surface area contributed by atoms with Gasteiger partial charge in [0, 0.05) is 12.0 Å². The first kappa shape index (κ1) is 19.0. The third-order valence-electron chi connectivity index (χ3n) is 3.76. The minimum Gasteiger partial charge on any atom is -0.454 e. The second kappa shape index (κ2) is 7.87. The molecule has 2 aromatic carbocycles. The van der Waals surface area contributed by atoms with E-state index in [0.717, 1.165) is 0 Å². The maximum atomic E-state index is 15.0. The molecule has 0 saturated carbocycles. The third kappa shape index (κ3) is 3.98. The zero-order chi connectivity index (χ0) is 20.3. The highest BCUT2D eigenvalue weighted by Crippen LogP contribution is 2.36. The maximum Gasteiger partial charge on any atom is 0.285 e. The Labute approximate surface area is 163 Å². The number of aromatic amines is 1. The molecular weight excluding hydrogens is 385 g/mol. The summed E-state index contributed by atoms with van der Waals surface area (Å²) in [6, 6.07) is 8.99. The van der Waals surface area contributed by atoms with E-state index in [2.05, 4.69) is 20.0 Å². The Balaban J connectivity index is 1.98. The average molecular weight is 396 g/mol. The van der Waals surface area contributed by atoms with Gasteiger partial charge in [-0.25, -0.2) is 19.3 Å². The first-order valence-electron chi connectivity index (χ1n) is 7.91. The predicted octanol–water partition coefficient (Wildman–Crippen LogP) is 4.07. The molecule has 0 atom stereocenters. The molecule has 1 heterocycles. The molecule has 0 fully saturated rings. The van der Waals surface area contributed by atoms with Crippen LogP contribution in [0.25, 0.3) is 4.85 Å². The van der Waals surface area contributed by atoms with Gasteiger partial charge >= 0.3 is 0 Å². The molecule has 9 heteroatoms. The van der Waals surface area contributed by atoms with Crippen molar-refractivity contribution in [1.29, 1.82) is 5.26 Å². The average Bonchev–Trinajstić information content (AvgIpc) is 2.69. The number of rotatable bonds is 4. The number of nitriles is 1. The van der Waals surface area contributed by atoms with Gasteiger partial charge in [-0.15, -0.1) is 0 Å². The second-order valence-corrected chi connectivity index (χ2v) is 6.14. The van der Waals surface area contributed by atoms with E-state index < -0.39 is 11.4 Å². The van der Waals surface area contributed by atoms with Gasteiger partial charge in [-0.1, -0.05) is 17.7 Å². The Kier molecular flexibility index (Phi) is 5.35.